The summed E-state index contributed by atoms with van der Waals surface area (Å²) in [6, 6.07) is 12.8. The number of methoxy groups -OCH3 is 1. The van der Waals surface area contributed by atoms with Crippen LogP contribution < -0.4 is 20.1 Å². The van der Waals surface area contributed by atoms with E-state index < -0.39 is 10.0 Å². The molecule has 2 N–H and O–H groups in total. The highest BCUT2D eigenvalue weighted by atomic mass is 32.2. The third kappa shape index (κ3) is 5.87. The number of ether oxygens (including phenoxy) is 2. The number of urea groups is 1. The van der Waals surface area contributed by atoms with Gasteiger partial charge in [-0.15, -0.1) is 0 Å². The van der Waals surface area contributed by atoms with Crippen LogP contribution >= 0.6 is 0 Å². The summed E-state index contributed by atoms with van der Waals surface area (Å²) in [4.78, 5) is 12.0. The predicted octanol–water partition coefficient (Wildman–Crippen LogP) is 2.15. The minimum absolute atomic E-state index is 0.190. The monoisotopic (exact) mass is 393 g/mol. The fraction of sp³-hybridized carbons (Fsp3) is 0.278. The van der Waals surface area contributed by atoms with Crippen LogP contribution in [-0.2, 0) is 10.0 Å². The molecule has 0 aliphatic carbocycles. The summed E-state index contributed by atoms with van der Waals surface area (Å²) in [7, 11) is 1.04. The van der Waals surface area contributed by atoms with E-state index in [4.69, 9.17) is 9.47 Å². The summed E-state index contributed by atoms with van der Waals surface area (Å²) >= 11 is 0. The third-order valence-electron chi connectivity index (χ3n) is 3.59. The summed E-state index contributed by atoms with van der Waals surface area (Å²) < 4.78 is 35.7. The molecule has 0 spiro atoms. The zero-order chi connectivity index (χ0) is 19.9. The molecule has 0 saturated carbocycles. The molecule has 146 valence electrons. The van der Waals surface area contributed by atoms with E-state index in [0.717, 1.165) is 4.31 Å². The van der Waals surface area contributed by atoms with Gasteiger partial charge in [0.1, 0.15) is 18.1 Å². The first-order valence-electron chi connectivity index (χ1n) is 8.17. The van der Waals surface area contributed by atoms with Crippen molar-refractivity contribution >= 4 is 21.7 Å². The maximum Gasteiger partial charge on any atom is 0.319 e. The number of rotatable bonds is 8. The summed E-state index contributed by atoms with van der Waals surface area (Å²) in [6.07, 6.45) is 0. The molecule has 0 aliphatic rings. The molecular weight excluding hydrogens is 370 g/mol. The number of hydrogen-bond donors (Lipinski definition) is 2. The second kappa shape index (κ2) is 9.24. The van der Waals surface area contributed by atoms with Gasteiger partial charge >= 0.3 is 6.03 Å². The number of benzene rings is 2. The molecule has 0 bridgehead atoms. The van der Waals surface area contributed by atoms with Crippen molar-refractivity contribution in [3.05, 3.63) is 48.5 Å². The van der Waals surface area contributed by atoms with Crippen molar-refractivity contribution in [1.29, 1.82) is 0 Å². The Balaban J connectivity index is 1.77. The smallest absolute Gasteiger partial charge is 0.319 e. The number of carbonyl (C=O) groups excluding carboxylic acids is 1. The minimum atomic E-state index is -3.46. The molecule has 0 radical (unpaired) electrons. The van der Waals surface area contributed by atoms with Crippen molar-refractivity contribution < 1.29 is 22.7 Å². The third-order valence-corrected chi connectivity index (χ3v) is 5.42. The SMILES string of the molecule is COc1cccc(NC(=O)NCCOc2ccc(S(=O)(=O)N(C)C)cc2)c1. The lowest BCUT2D eigenvalue weighted by atomic mass is 10.3. The average Bonchev–Trinajstić information content (AvgIpc) is 2.65. The molecule has 8 nitrogen and oxygen atoms in total. The summed E-state index contributed by atoms with van der Waals surface area (Å²) in [5.41, 5.74) is 0.616. The van der Waals surface area contributed by atoms with Gasteiger partial charge in [-0.05, 0) is 36.4 Å². The molecule has 2 aromatic rings. The Labute approximate surface area is 159 Å². The van der Waals surface area contributed by atoms with Gasteiger partial charge in [0, 0.05) is 25.8 Å². The molecule has 2 aromatic carbocycles. The highest BCUT2D eigenvalue weighted by Crippen LogP contribution is 2.18. The Morgan fingerprint density at radius 2 is 1.78 bits per heavy atom. The Bertz CT molecular complexity index is 867. The van der Waals surface area contributed by atoms with Gasteiger partial charge < -0.3 is 20.1 Å². The quantitative estimate of drug-likeness (QED) is 0.670. The maximum absolute atomic E-state index is 12.0. The average molecular weight is 393 g/mol. The van der Waals surface area contributed by atoms with Gasteiger partial charge in [0.25, 0.3) is 0 Å². The first-order chi connectivity index (χ1) is 12.8. The first kappa shape index (κ1) is 20.5. The normalized spacial score (nSPS) is 11.1. The van der Waals surface area contributed by atoms with Gasteiger partial charge in [-0.2, -0.15) is 0 Å². The second-order valence-electron chi connectivity index (χ2n) is 5.72. The van der Waals surface area contributed by atoms with E-state index in [1.165, 1.54) is 26.2 Å². The fourth-order valence-electron chi connectivity index (χ4n) is 2.13. The van der Waals surface area contributed by atoms with Gasteiger partial charge in [-0.25, -0.2) is 17.5 Å². The van der Waals surface area contributed by atoms with Gasteiger partial charge in [0.2, 0.25) is 10.0 Å². The lowest BCUT2D eigenvalue weighted by molar-refractivity contribution is 0.247. The molecule has 2 rings (SSSR count). The van der Waals surface area contributed by atoms with Gasteiger partial charge in [0.05, 0.1) is 18.6 Å². The molecule has 0 fully saturated rings. The van der Waals surface area contributed by atoms with Crippen LogP contribution in [0.25, 0.3) is 0 Å². The summed E-state index contributed by atoms with van der Waals surface area (Å²) in [6.45, 7) is 0.527. The largest absolute Gasteiger partial charge is 0.497 e. The van der Waals surface area contributed by atoms with Crippen molar-refractivity contribution in [3.8, 4) is 11.5 Å². The Hall–Kier alpha value is -2.78. The van der Waals surface area contributed by atoms with Crippen LogP contribution in [0, 0.1) is 0 Å². The van der Waals surface area contributed by atoms with Gasteiger partial charge in [-0.3, -0.25) is 0 Å². The molecule has 0 atom stereocenters. The Morgan fingerprint density at radius 3 is 2.41 bits per heavy atom. The number of nitrogens with one attached hydrogen (secondary N) is 2. The van der Waals surface area contributed by atoms with Crippen molar-refractivity contribution in [1.82, 2.24) is 9.62 Å². The predicted molar refractivity (Wildman–Crippen MR) is 103 cm³/mol. The van der Waals surface area contributed by atoms with Crippen LogP contribution in [0.4, 0.5) is 10.5 Å². The highest BCUT2D eigenvalue weighted by Gasteiger charge is 2.16. The van der Waals surface area contributed by atoms with E-state index >= 15 is 0 Å². The van der Waals surface area contributed by atoms with Crippen LogP contribution in [0.2, 0.25) is 0 Å². The van der Waals surface area contributed by atoms with Crippen LogP contribution in [-0.4, -0.2) is 53.1 Å². The van der Waals surface area contributed by atoms with E-state index in [9.17, 15) is 13.2 Å². The molecule has 9 heteroatoms. The molecule has 2 amide bonds. The lowest BCUT2D eigenvalue weighted by Gasteiger charge is -2.12. The van der Waals surface area contributed by atoms with E-state index in [1.807, 2.05) is 0 Å². The summed E-state index contributed by atoms with van der Waals surface area (Å²) in [5, 5.41) is 5.36. The number of hydrogen-bond acceptors (Lipinski definition) is 5. The Morgan fingerprint density at radius 1 is 1.07 bits per heavy atom. The summed E-state index contributed by atoms with van der Waals surface area (Å²) in [5.74, 6) is 1.17. The molecule has 0 aliphatic heterocycles. The number of carbonyl (C=O) groups is 1. The van der Waals surface area contributed by atoms with E-state index in [0.29, 0.717) is 17.2 Å². The van der Waals surface area contributed by atoms with Crippen LogP contribution in [0.3, 0.4) is 0 Å². The number of amides is 2. The minimum Gasteiger partial charge on any atom is -0.497 e. The van der Waals surface area contributed by atoms with Gasteiger partial charge in [0.15, 0.2) is 0 Å². The molecule has 0 heterocycles. The lowest BCUT2D eigenvalue weighted by Crippen LogP contribution is -2.32. The highest BCUT2D eigenvalue weighted by molar-refractivity contribution is 7.89. The van der Waals surface area contributed by atoms with E-state index in [2.05, 4.69) is 10.6 Å². The number of anilines is 1. The van der Waals surface area contributed by atoms with Crippen molar-refractivity contribution in [2.75, 3.05) is 39.7 Å². The molecular formula is C18H23N3O5S. The second-order valence-corrected chi connectivity index (χ2v) is 7.87. The van der Waals surface area contributed by atoms with Gasteiger partial charge in [-0.1, -0.05) is 6.07 Å². The molecule has 27 heavy (non-hydrogen) atoms. The maximum atomic E-state index is 12.0. The topological polar surface area (TPSA) is 97.0 Å². The standard InChI is InChI=1S/C18H23N3O5S/c1-21(2)27(23,24)17-9-7-15(8-10-17)26-12-11-19-18(22)20-14-5-4-6-16(13-14)25-3/h4-10,13H,11-12H2,1-3H3,(H2,19,20,22). The van der Waals surface area contributed by atoms with Crippen LogP contribution in [0.15, 0.2) is 53.4 Å². The fourth-order valence-corrected chi connectivity index (χ4v) is 3.03. The van der Waals surface area contributed by atoms with E-state index in [-0.39, 0.29) is 24.1 Å². The van der Waals surface area contributed by atoms with Crippen LogP contribution in [0.5, 0.6) is 11.5 Å². The Kier molecular flexibility index (Phi) is 7.03. The number of sulfonamides is 1. The van der Waals surface area contributed by atoms with Crippen molar-refractivity contribution in [2.24, 2.45) is 0 Å². The number of nitrogens with zero attached hydrogens (tertiary/aromatic N) is 1. The van der Waals surface area contributed by atoms with Crippen molar-refractivity contribution in [2.45, 2.75) is 4.90 Å². The molecule has 0 unspecified atom stereocenters. The zero-order valence-electron chi connectivity index (χ0n) is 15.4. The first-order valence-corrected chi connectivity index (χ1v) is 9.61. The molecule has 0 aromatic heterocycles. The van der Waals surface area contributed by atoms with Crippen LogP contribution in [0.1, 0.15) is 0 Å². The molecule has 0 saturated heterocycles. The van der Waals surface area contributed by atoms with E-state index in [1.54, 1.807) is 43.5 Å². The zero-order valence-corrected chi connectivity index (χ0v) is 16.2. The van der Waals surface area contributed by atoms with Crippen molar-refractivity contribution in [3.63, 3.8) is 0 Å².